The van der Waals surface area contributed by atoms with Crippen LogP contribution in [-0.4, -0.2) is 20.5 Å². The van der Waals surface area contributed by atoms with Crippen LogP contribution in [0, 0.1) is 6.92 Å². The molecule has 0 bridgehead atoms. The minimum atomic E-state index is -0.429. The number of fused-ring (bicyclic) bond motifs is 1. The molecule has 19 heavy (non-hydrogen) atoms. The third-order valence-corrected chi connectivity index (χ3v) is 3.03. The van der Waals surface area contributed by atoms with Gasteiger partial charge in [0.15, 0.2) is 5.65 Å². The highest BCUT2D eigenvalue weighted by Gasteiger charge is 2.12. The molecule has 0 unspecified atom stereocenters. The first-order chi connectivity index (χ1) is 9.16. The van der Waals surface area contributed by atoms with E-state index in [0.717, 1.165) is 22.5 Å². The van der Waals surface area contributed by atoms with Gasteiger partial charge in [-0.15, -0.1) is 0 Å². The van der Waals surface area contributed by atoms with Gasteiger partial charge < -0.3 is 5.73 Å². The zero-order valence-electron chi connectivity index (χ0n) is 10.4. The number of aromatic nitrogens is 3. The van der Waals surface area contributed by atoms with E-state index in [1.165, 1.54) is 0 Å². The molecule has 2 heterocycles. The summed E-state index contributed by atoms with van der Waals surface area (Å²) in [6, 6.07) is 8.98. The van der Waals surface area contributed by atoms with E-state index in [0.29, 0.717) is 5.56 Å². The van der Waals surface area contributed by atoms with Crippen LogP contribution in [0.15, 0.2) is 42.7 Å². The first kappa shape index (κ1) is 11.4. The van der Waals surface area contributed by atoms with Crippen molar-refractivity contribution in [3.63, 3.8) is 0 Å². The molecule has 5 heteroatoms. The minimum Gasteiger partial charge on any atom is -0.366 e. The molecule has 2 aromatic heterocycles. The van der Waals surface area contributed by atoms with Crippen LogP contribution >= 0.6 is 0 Å². The number of rotatable bonds is 2. The number of nitrogens with two attached hydrogens (primary N) is 1. The van der Waals surface area contributed by atoms with Crippen LogP contribution in [0.4, 0.5) is 0 Å². The molecule has 0 saturated heterocycles. The number of benzene rings is 1. The monoisotopic (exact) mass is 252 g/mol. The van der Waals surface area contributed by atoms with Gasteiger partial charge in [-0.3, -0.25) is 4.79 Å². The molecule has 0 saturated carbocycles. The summed E-state index contributed by atoms with van der Waals surface area (Å²) < 4.78 is 1.74. The number of nitrogens with zero attached hydrogens (tertiary/aromatic N) is 3. The van der Waals surface area contributed by atoms with E-state index in [9.17, 15) is 4.79 Å². The number of hydrogen-bond donors (Lipinski definition) is 1. The van der Waals surface area contributed by atoms with E-state index in [1.807, 2.05) is 31.3 Å². The lowest BCUT2D eigenvalue weighted by atomic mass is 10.0. The molecule has 0 spiro atoms. The van der Waals surface area contributed by atoms with Crippen molar-refractivity contribution in [2.45, 2.75) is 6.92 Å². The van der Waals surface area contributed by atoms with E-state index in [4.69, 9.17) is 5.73 Å². The Morgan fingerprint density at radius 3 is 2.68 bits per heavy atom. The summed E-state index contributed by atoms with van der Waals surface area (Å²) in [4.78, 5) is 15.4. The molecule has 1 aromatic carbocycles. The summed E-state index contributed by atoms with van der Waals surface area (Å²) in [5, 5.41) is 4.41. The number of aryl methyl sites for hydroxylation is 1. The van der Waals surface area contributed by atoms with E-state index in [1.54, 1.807) is 22.8 Å². The smallest absolute Gasteiger partial charge is 0.248 e. The highest BCUT2D eigenvalue weighted by molar-refractivity contribution is 5.93. The summed E-state index contributed by atoms with van der Waals surface area (Å²) in [5.74, 6) is -0.429. The standard InChI is InChI=1S/C14H12N4O/c1-9-12(14-16-7-2-8-18(14)17-9)10-3-5-11(6-4-10)13(15)19/h2-8H,1H3,(H2,15,19). The second kappa shape index (κ2) is 4.20. The van der Waals surface area contributed by atoms with Gasteiger partial charge in [-0.2, -0.15) is 5.10 Å². The molecule has 0 aliphatic carbocycles. The van der Waals surface area contributed by atoms with Crippen molar-refractivity contribution in [3.05, 3.63) is 54.0 Å². The number of amides is 1. The van der Waals surface area contributed by atoms with Crippen LogP contribution in [0.3, 0.4) is 0 Å². The van der Waals surface area contributed by atoms with Gasteiger partial charge in [-0.05, 0) is 30.7 Å². The van der Waals surface area contributed by atoms with E-state index in [-0.39, 0.29) is 0 Å². The summed E-state index contributed by atoms with van der Waals surface area (Å²) in [6.07, 6.45) is 3.59. The highest BCUT2D eigenvalue weighted by Crippen LogP contribution is 2.26. The lowest BCUT2D eigenvalue weighted by molar-refractivity contribution is 0.100. The van der Waals surface area contributed by atoms with Gasteiger partial charge in [0.05, 0.1) is 5.69 Å². The van der Waals surface area contributed by atoms with E-state index >= 15 is 0 Å². The Kier molecular flexibility index (Phi) is 2.52. The molecule has 1 amide bonds. The maximum absolute atomic E-state index is 11.1. The van der Waals surface area contributed by atoms with Gasteiger partial charge in [0.25, 0.3) is 0 Å². The number of carbonyl (C=O) groups is 1. The van der Waals surface area contributed by atoms with Gasteiger partial charge in [-0.1, -0.05) is 12.1 Å². The molecule has 0 aliphatic heterocycles. The Labute approximate surface area is 109 Å². The van der Waals surface area contributed by atoms with Gasteiger partial charge in [0, 0.05) is 23.5 Å². The summed E-state index contributed by atoms with van der Waals surface area (Å²) in [5.41, 5.74) is 9.36. The van der Waals surface area contributed by atoms with E-state index in [2.05, 4.69) is 10.1 Å². The Balaban J connectivity index is 2.18. The Morgan fingerprint density at radius 2 is 2.00 bits per heavy atom. The van der Waals surface area contributed by atoms with Gasteiger partial charge in [0.2, 0.25) is 5.91 Å². The quantitative estimate of drug-likeness (QED) is 0.755. The topological polar surface area (TPSA) is 73.3 Å². The number of carbonyl (C=O) groups excluding carboxylic acids is 1. The molecule has 94 valence electrons. The van der Waals surface area contributed by atoms with Crippen LogP contribution < -0.4 is 5.73 Å². The molecule has 0 radical (unpaired) electrons. The SMILES string of the molecule is Cc1nn2cccnc2c1-c1ccc(C(N)=O)cc1. The first-order valence-electron chi connectivity index (χ1n) is 5.87. The summed E-state index contributed by atoms with van der Waals surface area (Å²) >= 11 is 0. The number of hydrogen-bond acceptors (Lipinski definition) is 3. The van der Waals surface area contributed by atoms with E-state index < -0.39 is 5.91 Å². The van der Waals surface area contributed by atoms with Crippen LogP contribution in [0.25, 0.3) is 16.8 Å². The Morgan fingerprint density at radius 1 is 1.26 bits per heavy atom. The molecular formula is C14H12N4O. The molecule has 0 atom stereocenters. The third kappa shape index (κ3) is 1.85. The van der Waals surface area contributed by atoms with Crippen molar-refractivity contribution in [2.24, 2.45) is 5.73 Å². The second-order valence-electron chi connectivity index (χ2n) is 4.29. The normalized spacial score (nSPS) is 10.8. The van der Waals surface area contributed by atoms with Gasteiger partial charge in [0.1, 0.15) is 0 Å². The minimum absolute atomic E-state index is 0.429. The lowest BCUT2D eigenvalue weighted by Crippen LogP contribution is -2.10. The molecular weight excluding hydrogens is 240 g/mol. The molecule has 5 nitrogen and oxygen atoms in total. The Hall–Kier alpha value is -2.69. The molecule has 0 fully saturated rings. The van der Waals surface area contributed by atoms with Crippen LogP contribution in [0.2, 0.25) is 0 Å². The fraction of sp³-hybridized carbons (Fsp3) is 0.0714. The van der Waals surface area contributed by atoms with Crippen molar-refractivity contribution >= 4 is 11.6 Å². The Bertz CT molecular complexity index is 759. The first-order valence-corrected chi connectivity index (χ1v) is 5.87. The highest BCUT2D eigenvalue weighted by atomic mass is 16.1. The largest absolute Gasteiger partial charge is 0.366 e. The predicted molar refractivity (Wildman–Crippen MR) is 71.7 cm³/mol. The van der Waals surface area contributed by atoms with Crippen LogP contribution in [0.5, 0.6) is 0 Å². The summed E-state index contributed by atoms with van der Waals surface area (Å²) in [7, 11) is 0. The average molecular weight is 252 g/mol. The predicted octanol–water partition coefficient (Wildman–Crippen LogP) is 1.80. The third-order valence-electron chi connectivity index (χ3n) is 3.03. The van der Waals surface area contributed by atoms with Crippen LogP contribution in [0.1, 0.15) is 16.1 Å². The van der Waals surface area contributed by atoms with Crippen molar-refractivity contribution in [2.75, 3.05) is 0 Å². The zero-order chi connectivity index (χ0) is 13.4. The van der Waals surface area contributed by atoms with Crippen molar-refractivity contribution in [1.29, 1.82) is 0 Å². The molecule has 3 aromatic rings. The number of primary amides is 1. The average Bonchev–Trinajstić information content (AvgIpc) is 2.74. The maximum atomic E-state index is 11.1. The van der Waals surface area contributed by atoms with Gasteiger partial charge >= 0.3 is 0 Å². The van der Waals surface area contributed by atoms with Gasteiger partial charge in [-0.25, -0.2) is 9.50 Å². The molecule has 0 aliphatic rings. The van der Waals surface area contributed by atoms with Crippen molar-refractivity contribution in [3.8, 4) is 11.1 Å². The van der Waals surface area contributed by atoms with Crippen molar-refractivity contribution < 1.29 is 4.79 Å². The zero-order valence-corrected chi connectivity index (χ0v) is 10.4. The maximum Gasteiger partial charge on any atom is 0.248 e. The molecule has 2 N–H and O–H groups in total. The summed E-state index contributed by atoms with van der Waals surface area (Å²) in [6.45, 7) is 1.94. The fourth-order valence-corrected chi connectivity index (χ4v) is 2.14. The molecule has 3 rings (SSSR count). The lowest BCUT2D eigenvalue weighted by Gasteiger charge is -2.01. The fourth-order valence-electron chi connectivity index (χ4n) is 2.14. The van der Waals surface area contributed by atoms with Crippen molar-refractivity contribution in [1.82, 2.24) is 14.6 Å². The second-order valence-corrected chi connectivity index (χ2v) is 4.29. The van der Waals surface area contributed by atoms with Crippen LogP contribution in [-0.2, 0) is 0 Å².